The Kier molecular flexibility index (Phi) is 3.79. The maximum atomic E-state index is 6.03. The molecule has 2 nitrogen and oxygen atoms in total. The number of likely N-dealkylation sites (N-methyl/N-ethyl adjacent to an activating group) is 1. The van der Waals surface area contributed by atoms with Crippen molar-refractivity contribution < 1.29 is 4.74 Å². The Balaban J connectivity index is 2.45. The Morgan fingerprint density at radius 2 is 1.83 bits per heavy atom. The topological polar surface area (TPSA) is 21.3 Å². The molecular weight excluding hydrogens is 222 g/mol. The van der Waals surface area contributed by atoms with Gasteiger partial charge in [0, 0.05) is 6.61 Å². The monoisotopic (exact) mass is 247 g/mol. The third-order valence-corrected chi connectivity index (χ3v) is 4.18. The van der Waals surface area contributed by atoms with E-state index >= 15 is 0 Å². The number of ether oxygens (including phenoxy) is 1. The molecule has 0 amide bonds. The second kappa shape index (κ2) is 5.02. The van der Waals surface area contributed by atoms with Crippen LogP contribution in [0.25, 0.3) is 0 Å². The summed E-state index contributed by atoms with van der Waals surface area (Å²) in [5.74, 6) is 0. The normalized spacial score (nSPS) is 25.4. The van der Waals surface area contributed by atoms with Crippen molar-refractivity contribution in [3.8, 4) is 0 Å². The zero-order valence-electron chi connectivity index (χ0n) is 12.3. The van der Waals surface area contributed by atoms with Crippen LogP contribution in [-0.2, 0) is 4.74 Å². The summed E-state index contributed by atoms with van der Waals surface area (Å²) in [6.07, 6.45) is 2.30. The molecule has 0 aromatic heterocycles. The van der Waals surface area contributed by atoms with Crippen LogP contribution in [0.1, 0.15) is 48.1 Å². The fourth-order valence-corrected chi connectivity index (χ4v) is 3.43. The molecule has 2 heteroatoms. The first-order chi connectivity index (χ1) is 8.48. The lowest BCUT2D eigenvalue weighted by atomic mass is 9.83. The van der Waals surface area contributed by atoms with Crippen molar-refractivity contribution >= 4 is 0 Å². The smallest absolute Gasteiger partial charge is 0.0849 e. The second-order valence-electron chi connectivity index (χ2n) is 5.80. The van der Waals surface area contributed by atoms with E-state index in [9.17, 15) is 0 Å². The van der Waals surface area contributed by atoms with Gasteiger partial charge in [-0.2, -0.15) is 0 Å². The standard InChI is InChI=1S/C16H25NO/c1-11-9-12(2)14(13(3)10-11)15(17-5)16(4)7-6-8-18-16/h9-10,15,17H,6-8H2,1-5H3. The van der Waals surface area contributed by atoms with Crippen LogP contribution >= 0.6 is 0 Å². The minimum Gasteiger partial charge on any atom is -0.373 e. The molecule has 1 aliphatic rings. The van der Waals surface area contributed by atoms with Gasteiger partial charge in [-0.1, -0.05) is 17.7 Å². The van der Waals surface area contributed by atoms with Gasteiger partial charge >= 0.3 is 0 Å². The summed E-state index contributed by atoms with van der Waals surface area (Å²) in [6.45, 7) is 9.69. The summed E-state index contributed by atoms with van der Waals surface area (Å²) in [5, 5.41) is 3.48. The van der Waals surface area contributed by atoms with Gasteiger partial charge in [0.1, 0.15) is 0 Å². The van der Waals surface area contributed by atoms with Crippen molar-refractivity contribution in [2.45, 2.75) is 52.2 Å². The minimum atomic E-state index is -0.0699. The first-order valence-corrected chi connectivity index (χ1v) is 6.87. The van der Waals surface area contributed by atoms with Gasteiger partial charge in [-0.05, 0) is 64.3 Å². The predicted octanol–water partition coefficient (Wildman–Crippen LogP) is 3.44. The Labute approximate surface area is 111 Å². The first-order valence-electron chi connectivity index (χ1n) is 6.87. The molecule has 1 heterocycles. The second-order valence-corrected chi connectivity index (χ2v) is 5.80. The van der Waals surface area contributed by atoms with Gasteiger partial charge < -0.3 is 10.1 Å². The molecule has 2 atom stereocenters. The van der Waals surface area contributed by atoms with Crippen LogP contribution in [0.4, 0.5) is 0 Å². The van der Waals surface area contributed by atoms with Crippen molar-refractivity contribution in [3.05, 3.63) is 34.4 Å². The number of hydrogen-bond acceptors (Lipinski definition) is 2. The van der Waals surface area contributed by atoms with E-state index in [1.54, 1.807) is 0 Å². The molecule has 1 fully saturated rings. The van der Waals surface area contributed by atoms with Gasteiger partial charge in [0.15, 0.2) is 0 Å². The van der Waals surface area contributed by atoms with Gasteiger partial charge in [0.2, 0.25) is 0 Å². The highest BCUT2D eigenvalue weighted by atomic mass is 16.5. The van der Waals surface area contributed by atoms with E-state index in [1.807, 2.05) is 7.05 Å². The van der Waals surface area contributed by atoms with Crippen LogP contribution in [0.5, 0.6) is 0 Å². The summed E-state index contributed by atoms with van der Waals surface area (Å²) >= 11 is 0. The lowest BCUT2D eigenvalue weighted by molar-refractivity contribution is -0.0108. The van der Waals surface area contributed by atoms with Gasteiger partial charge in [-0.15, -0.1) is 0 Å². The number of nitrogens with one attached hydrogen (secondary N) is 1. The quantitative estimate of drug-likeness (QED) is 0.883. The van der Waals surface area contributed by atoms with Crippen LogP contribution in [0, 0.1) is 20.8 Å². The fourth-order valence-electron chi connectivity index (χ4n) is 3.43. The zero-order chi connectivity index (χ0) is 13.3. The largest absolute Gasteiger partial charge is 0.373 e. The molecular formula is C16H25NO. The number of aryl methyl sites for hydroxylation is 3. The van der Waals surface area contributed by atoms with Crippen molar-refractivity contribution in [2.75, 3.05) is 13.7 Å². The Morgan fingerprint density at radius 1 is 1.22 bits per heavy atom. The number of rotatable bonds is 3. The first kappa shape index (κ1) is 13.6. The van der Waals surface area contributed by atoms with Crippen LogP contribution in [0.2, 0.25) is 0 Å². The van der Waals surface area contributed by atoms with Crippen molar-refractivity contribution in [1.29, 1.82) is 0 Å². The molecule has 1 N–H and O–H groups in total. The van der Waals surface area contributed by atoms with E-state index in [0.717, 1.165) is 13.0 Å². The summed E-state index contributed by atoms with van der Waals surface area (Å²) in [6, 6.07) is 4.82. The predicted molar refractivity (Wildman–Crippen MR) is 76.0 cm³/mol. The van der Waals surface area contributed by atoms with Gasteiger partial charge in [-0.25, -0.2) is 0 Å². The van der Waals surface area contributed by atoms with E-state index in [1.165, 1.54) is 28.7 Å². The summed E-state index contributed by atoms with van der Waals surface area (Å²) < 4.78 is 6.03. The Bertz CT molecular complexity index is 410. The summed E-state index contributed by atoms with van der Waals surface area (Å²) in [7, 11) is 2.04. The maximum Gasteiger partial charge on any atom is 0.0849 e. The van der Waals surface area contributed by atoms with Crippen molar-refractivity contribution in [1.82, 2.24) is 5.32 Å². The lowest BCUT2D eigenvalue weighted by Gasteiger charge is -2.35. The molecule has 100 valence electrons. The van der Waals surface area contributed by atoms with E-state index in [-0.39, 0.29) is 11.6 Å². The van der Waals surface area contributed by atoms with E-state index in [2.05, 4.69) is 45.1 Å². The molecule has 1 aromatic carbocycles. The zero-order valence-corrected chi connectivity index (χ0v) is 12.3. The van der Waals surface area contributed by atoms with E-state index in [4.69, 9.17) is 4.74 Å². The summed E-state index contributed by atoms with van der Waals surface area (Å²) in [5.41, 5.74) is 5.40. The van der Waals surface area contributed by atoms with Crippen molar-refractivity contribution in [3.63, 3.8) is 0 Å². The van der Waals surface area contributed by atoms with Gasteiger partial charge in [0.25, 0.3) is 0 Å². The third kappa shape index (κ3) is 2.32. The number of benzene rings is 1. The lowest BCUT2D eigenvalue weighted by Crippen LogP contribution is -2.40. The molecule has 0 aliphatic carbocycles. The van der Waals surface area contributed by atoms with Crippen LogP contribution < -0.4 is 5.32 Å². The van der Waals surface area contributed by atoms with Gasteiger partial charge in [0.05, 0.1) is 11.6 Å². The molecule has 1 aliphatic heterocycles. The van der Waals surface area contributed by atoms with E-state index < -0.39 is 0 Å². The third-order valence-electron chi connectivity index (χ3n) is 4.18. The molecule has 0 saturated carbocycles. The highest BCUT2D eigenvalue weighted by Crippen LogP contribution is 2.39. The highest BCUT2D eigenvalue weighted by molar-refractivity contribution is 5.41. The van der Waals surface area contributed by atoms with E-state index in [0.29, 0.717) is 0 Å². The van der Waals surface area contributed by atoms with Crippen LogP contribution in [0.15, 0.2) is 12.1 Å². The molecule has 0 spiro atoms. The van der Waals surface area contributed by atoms with Crippen LogP contribution in [0.3, 0.4) is 0 Å². The molecule has 0 bridgehead atoms. The highest BCUT2D eigenvalue weighted by Gasteiger charge is 2.39. The molecule has 1 aromatic rings. The SMILES string of the molecule is CNC(c1c(C)cc(C)cc1C)C1(C)CCCO1. The molecule has 2 unspecified atom stereocenters. The molecule has 2 rings (SSSR count). The maximum absolute atomic E-state index is 6.03. The van der Waals surface area contributed by atoms with Crippen molar-refractivity contribution in [2.24, 2.45) is 0 Å². The summed E-state index contributed by atoms with van der Waals surface area (Å²) in [4.78, 5) is 0. The minimum absolute atomic E-state index is 0.0699. The average Bonchev–Trinajstić information content (AvgIpc) is 2.71. The van der Waals surface area contributed by atoms with Crippen LogP contribution in [-0.4, -0.2) is 19.3 Å². The van der Waals surface area contributed by atoms with Gasteiger partial charge in [-0.3, -0.25) is 0 Å². The number of hydrogen-bond donors (Lipinski definition) is 1. The fraction of sp³-hybridized carbons (Fsp3) is 0.625. The Hall–Kier alpha value is -0.860. The molecule has 18 heavy (non-hydrogen) atoms. The molecule has 1 saturated heterocycles. The Morgan fingerprint density at radius 3 is 2.28 bits per heavy atom. The average molecular weight is 247 g/mol. The molecule has 0 radical (unpaired) electrons.